The monoisotopic (exact) mass is 241 g/mol. The van der Waals surface area contributed by atoms with Crippen molar-refractivity contribution >= 4 is 17.7 Å². The van der Waals surface area contributed by atoms with Crippen molar-refractivity contribution in [3.63, 3.8) is 0 Å². The Morgan fingerprint density at radius 1 is 1.56 bits per heavy atom. The van der Waals surface area contributed by atoms with Crippen LogP contribution < -0.4 is 5.32 Å². The Morgan fingerprint density at radius 3 is 2.81 bits per heavy atom. The van der Waals surface area contributed by atoms with E-state index in [1.54, 1.807) is 24.8 Å². The Balaban J connectivity index is 2.73. The third-order valence-corrected chi connectivity index (χ3v) is 3.00. The van der Waals surface area contributed by atoms with Gasteiger partial charge in [-0.1, -0.05) is 6.07 Å². The zero-order valence-corrected chi connectivity index (χ0v) is 10.5. The molecule has 1 rings (SSSR count). The first-order valence-electron chi connectivity index (χ1n) is 5.10. The van der Waals surface area contributed by atoms with Crippen LogP contribution in [0.4, 0.5) is 4.39 Å². The number of hydrogen-bond acceptors (Lipinski definition) is 2. The molecule has 88 valence electrons. The van der Waals surface area contributed by atoms with Crippen LogP contribution >= 0.6 is 11.8 Å². The van der Waals surface area contributed by atoms with Gasteiger partial charge in [0.1, 0.15) is 5.82 Å². The third-order valence-electron chi connectivity index (χ3n) is 2.16. The summed E-state index contributed by atoms with van der Waals surface area (Å²) in [6.07, 6.45) is 1.97. The van der Waals surface area contributed by atoms with Crippen molar-refractivity contribution in [2.45, 2.75) is 19.9 Å². The fourth-order valence-corrected chi connectivity index (χ4v) is 1.98. The van der Waals surface area contributed by atoms with Crippen LogP contribution in [0.3, 0.4) is 0 Å². The minimum absolute atomic E-state index is 0.0446. The largest absolute Gasteiger partial charge is 0.349 e. The molecule has 0 aliphatic rings. The van der Waals surface area contributed by atoms with Gasteiger partial charge >= 0.3 is 0 Å². The molecule has 1 N–H and O–H groups in total. The minimum Gasteiger partial charge on any atom is -0.349 e. The first-order chi connectivity index (χ1) is 7.54. The molecule has 0 aliphatic carbocycles. The predicted molar refractivity (Wildman–Crippen MR) is 66.4 cm³/mol. The lowest BCUT2D eigenvalue weighted by atomic mass is 10.1. The number of benzene rings is 1. The van der Waals surface area contributed by atoms with E-state index < -0.39 is 5.82 Å². The fourth-order valence-electron chi connectivity index (χ4n) is 1.40. The lowest BCUT2D eigenvalue weighted by Crippen LogP contribution is -2.34. The Morgan fingerprint density at radius 2 is 2.25 bits per heavy atom. The molecule has 0 saturated carbocycles. The Labute approximate surface area is 99.6 Å². The minimum atomic E-state index is -0.464. The van der Waals surface area contributed by atoms with E-state index in [1.165, 1.54) is 12.1 Å². The van der Waals surface area contributed by atoms with E-state index in [1.807, 2.05) is 13.2 Å². The summed E-state index contributed by atoms with van der Waals surface area (Å²) in [5, 5.41) is 2.76. The van der Waals surface area contributed by atoms with Crippen LogP contribution in [0.15, 0.2) is 18.2 Å². The number of carbonyl (C=O) groups is 1. The van der Waals surface area contributed by atoms with Gasteiger partial charge in [-0.3, -0.25) is 4.79 Å². The SMILES string of the molecule is CSCC(C)NC(=O)c1ccc(C)cc1F. The maximum absolute atomic E-state index is 13.5. The van der Waals surface area contributed by atoms with Crippen molar-refractivity contribution in [1.29, 1.82) is 0 Å². The van der Waals surface area contributed by atoms with Gasteiger partial charge in [0.15, 0.2) is 0 Å². The van der Waals surface area contributed by atoms with Crippen molar-refractivity contribution in [3.05, 3.63) is 35.1 Å². The van der Waals surface area contributed by atoms with E-state index in [0.717, 1.165) is 11.3 Å². The molecule has 2 nitrogen and oxygen atoms in total. The summed E-state index contributed by atoms with van der Waals surface area (Å²) in [6.45, 7) is 3.70. The van der Waals surface area contributed by atoms with Crippen molar-refractivity contribution < 1.29 is 9.18 Å². The zero-order chi connectivity index (χ0) is 12.1. The standard InChI is InChI=1S/C12H16FNOS/c1-8-4-5-10(11(13)6-8)12(15)14-9(2)7-16-3/h4-6,9H,7H2,1-3H3,(H,14,15). The zero-order valence-electron chi connectivity index (χ0n) is 9.71. The number of rotatable bonds is 4. The van der Waals surface area contributed by atoms with Crippen molar-refractivity contribution in [3.8, 4) is 0 Å². The van der Waals surface area contributed by atoms with Gasteiger partial charge in [-0.2, -0.15) is 11.8 Å². The van der Waals surface area contributed by atoms with E-state index in [9.17, 15) is 9.18 Å². The number of hydrogen-bond donors (Lipinski definition) is 1. The molecule has 0 heterocycles. The van der Waals surface area contributed by atoms with Gasteiger partial charge in [0, 0.05) is 11.8 Å². The van der Waals surface area contributed by atoms with Gasteiger partial charge in [-0.15, -0.1) is 0 Å². The molecule has 1 amide bonds. The molecule has 1 aromatic rings. The van der Waals surface area contributed by atoms with Crippen LogP contribution in [0, 0.1) is 12.7 Å². The summed E-state index contributed by atoms with van der Waals surface area (Å²) in [5.74, 6) is 0.00654. The average Bonchev–Trinajstić information content (AvgIpc) is 2.17. The van der Waals surface area contributed by atoms with Crippen LogP contribution in [-0.2, 0) is 0 Å². The number of carbonyl (C=O) groups excluding carboxylic acids is 1. The first kappa shape index (κ1) is 13.0. The van der Waals surface area contributed by atoms with Gasteiger partial charge in [0.2, 0.25) is 0 Å². The fraction of sp³-hybridized carbons (Fsp3) is 0.417. The second-order valence-electron chi connectivity index (χ2n) is 3.81. The van der Waals surface area contributed by atoms with E-state index in [4.69, 9.17) is 0 Å². The molecule has 0 fully saturated rings. The molecule has 0 aromatic heterocycles. The summed E-state index contributed by atoms with van der Waals surface area (Å²) >= 11 is 1.65. The summed E-state index contributed by atoms with van der Waals surface area (Å²) < 4.78 is 13.5. The molecule has 0 bridgehead atoms. The van der Waals surface area contributed by atoms with Gasteiger partial charge in [-0.05, 0) is 37.8 Å². The van der Waals surface area contributed by atoms with Crippen molar-refractivity contribution in [2.75, 3.05) is 12.0 Å². The summed E-state index contributed by atoms with van der Waals surface area (Å²) in [4.78, 5) is 11.7. The van der Waals surface area contributed by atoms with E-state index >= 15 is 0 Å². The molecule has 0 spiro atoms. The summed E-state index contributed by atoms with van der Waals surface area (Å²) in [5.41, 5.74) is 0.921. The molecule has 1 unspecified atom stereocenters. The Hall–Kier alpha value is -1.03. The number of halogens is 1. The second-order valence-corrected chi connectivity index (χ2v) is 4.72. The predicted octanol–water partition coefficient (Wildman–Crippen LogP) is 2.62. The van der Waals surface area contributed by atoms with Crippen LogP contribution in [0.25, 0.3) is 0 Å². The van der Waals surface area contributed by atoms with Crippen LogP contribution in [0.2, 0.25) is 0 Å². The number of thioether (sulfide) groups is 1. The quantitative estimate of drug-likeness (QED) is 0.878. The highest BCUT2D eigenvalue weighted by molar-refractivity contribution is 7.98. The number of aryl methyl sites for hydroxylation is 1. The van der Waals surface area contributed by atoms with Gasteiger partial charge in [-0.25, -0.2) is 4.39 Å². The van der Waals surface area contributed by atoms with Crippen molar-refractivity contribution in [1.82, 2.24) is 5.32 Å². The van der Waals surface area contributed by atoms with Gasteiger partial charge < -0.3 is 5.32 Å². The topological polar surface area (TPSA) is 29.1 Å². The Bertz CT molecular complexity index is 381. The molecule has 0 radical (unpaired) electrons. The maximum atomic E-state index is 13.5. The van der Waals surface area contributed by atoms with E-state index in [2.05, 4.69) is 5.32 Å². The lowest BCUT2D eigenvalue weighted by molar-refractivity contribution is 0.0939. The second kappa shape index (κ2) is 5.89. The molecule has 1 aromatic carbocycles. The molecular weight excluding hydrogens is 225 g/mol. The highest BCUT2D eigenvalue weighted by Gasteiger charge is 2.13. The average molecular weight is 241 g/mol. The van der Waals surface area contributed by atoms with Crippen LogP contribution in [-0.4, -0.2) is 24.0 Å². The first-order valence-corrected chi connectivity index (χ1v) is 6.50. The van der Waals surface area contributed by atoms with Crippen molar-refractivity contribution in [2.24, 2.45) is 0 Å². The molecule has 1 atom stereocenters. The van der Waals surface area contributed by atoms with Crippen LogP contribution in [0.1, 0.15) is 22.8 Å². The lowest BCUT2D eigenvalue weighted by Gasteiger charge is -2.12. The molecule has 4 heteroatoms. The third kappa shape index (κ3) is 3.52. The molecule has 0 saturated heterocycles. The normalized spacial score (nSPS) is 12.2. The highest BCUT2D eigenvalue weighted by Crippen LogP contribution is 2.10. The van der Waals surface area contributed by atoms with Gasteiger partial charge in [0.05, 0.1) is 5.56 Å². The highest BCUT2D eigenvalue weighted by atomic mass is 32.2. The van der Waals surface area contributed by atoms with E-state index in [-0.39, 0.29) is 17.5 Å². The van der Waals surface area contributed by atoms with Gasteiger partial charge in [0.25, 0.3) is 5.91 Å². The number of nitrogens with one attached hydrogen (secondary N) is 1. The maximum Gasteiger partial charge on any atom is 0.254 e. The van der Waals surface area contributed by atoms with E-state index in [0.29, 0.717) is 0 Å². The molecular formula is C12H16FNOS. The molecule has 16 heavy (non-hydrogen) atoms. The smallest absolute Gasteiger partial charge is 0.254 e. The summed E-state index contributed by atoms with van der Waals surface area (Å²) in [7, 11) is 0. The number of amides is 1. The summed E-state index contributed by atoms with van der Waals surface area (Å²) in [6, 6.07) is 4.67. The Kier molecular flexibility index (Phi) is 4.80. The van der Waals surface area contributed by atoms with Crippen LogP contribution in [0.5, 0.6) is 0 Å². The molecule has 0 aliphatic heterocycles.